The highest BCUT2D eigenvalue weighted by molar-refractivity contribution is 4.41. The summed E-state index contributed by atoms with van der Waals surface area (Å²) >= 11 is 0. The van der Waals surface area contributed by atoms with E-state index in [1.54, 1.807) is 0 Å². The lowest BCUT2D eigenvalue weighted by molar-refractivity contribution is 0.182. The Bertz CT molecular complexity index is 369. The van der Waals surface area contributed by atoms with Gasteiger partial charge in [0.25, 0.3) is 0 Å². The molecule has 0 spiro atoms. The van der Waals surface area contributed by atoms with Gasteiger partial charge in [0.05, 0.1) is 0 Å². The second-order valence-electron chi connectivity index (χ2n) is 6.22. The molecule has 0 radical (unpaired) electrons. The number of rotatable bonds is 32. The number of hydrogen-bond donors (Lipinski definition) is 31. The Hall–Kier alpha value is -1.24. The van der Waals surface area contributed by atoms with Gasteiger partial charge in [-0.3, -0.25) is 0 Å². The normalized spacial score (nSPS) is 11.8. The highest BCUT2D eigenvalue weighted by Gasteiger charge is 1.89. The van der Waals surface area contributed by atoms with Crippen molar-refractivity contribution in [3.8, 4) is 0 Å². The quantitative estimate of drug-likeness (QED) is 0.0272. The van der Waals surface area contributed by atoms with Gasteiger partial charge in [-0.2, -0.15) is 161 Å². The van der Waals surface area contributed by atoms with Gasteiger partial charge >= 0.3 is 0 Å². The van der Waals surface area contributed by atoms with Gasteiger partial charge in [0, 0.05) is 12.1 Å². The summed E-state index contributed by atoms with van der Waals surface area (Å²) in [5.41, 5.74) is 79.7. The average molecular weight is 552 g/mol. The zero-order valence-electron chi connectivity index (χ0n) is 20.7. The first-order valence-corrected chi connectivity index (χ1v) is 10.4. The van der Waals surface area contributed by atoms with Crippen molar-refractivity contribution in [1.82, 2.24) is 171 Å². The number of hydrazine groups is 30. The van der Waals surface area contributed by atoms with Crippen LogP contribution in [0, 0.1) is 0 Å². The molecule has 0 aliphatic carbocycles. The minimum atomic E-state index is 0.282. The summed E-state index contributed by atoms with van der Waals surface area (Å²) in [6, 6.07) is 0.565. The van der Waals surface area contributed by atoms with Crippen LogP contribution in [0.5, 0.6) is 0 Å². The molecule has 0 saturated carbocycles. The van der Waals surface area contributed by atoms with Gasteiger partial charge in [-0.05, 0) is 27.7 Å². The van der Waals surface area contributed by atoms with Crippen LogP contribution >= 0.6 is 0 Å². The van der Waals surface area contributed by atoms with Gasteiger partial charge < -0.3 is 0 Å². The highest BCUT2D eigenvalue weighted by Crippen LogP contribution is 1.67. The summed E-state index contributed by atoms with van der Waals surface area (Å²) in [6.07, 6.45) is 0. The molecule has 0 unspecified atom stereocenters. The number of nitrogens with one attached hydrogen (secondary N) is 31. The van der Waals surface area contributed by atoms with Crippen molar-refractivity contribution in [1.29, 1.82) is 0 Å². The van der Waals surface area contributed by atoms with Crippen LogP contribution in [0.1, 0.15) is 27.7 Å². The largest absolute Gasteiger partial charge is 0.241 e. The van der Waals surface area contributed by atoms with Gasteiger partial charge in [-0.15, -0.1) is 0 Å². The van der Waals surface area contributed by atoms with E-state index in [1.807, 2.05) is 27.7 Å². The summed E-state index contributed by atoms with van der Waals surface area (Å²) in [5.74, 6) is 0. The van der Waals surface area contributed by atoms with Gasteiger partial charge in [0.15, 0.2) is 0 Å². The summed E-state index contributed by atoms with van der Waals surface area (Å²) < 4.78 is 0. The fraction of sp³-hybridized carbons (Fsp3) is 1.00. The Morgan fingerprint density at radius 2 is 0.297 bits per heavy atom. The lowest BCUT2D eigenvalue weighted by Gasteiger charge is -2.16. The van der Waals surface area contributed by atoms with Crippen LogP contribution < -0.4 is 171 Å². The Morgan fingerprint density at radius 3 is 0.405 bits per heavy atom. The molecule has 0 aliphatic heterocycles. The smallest absolute Gasteiger partial charge is 0.0170 e. The Balaban J connectivity index is 3.02. The molecule has 0 saturated heterocycles. The fourth-order valence-corrected chi connectivity index (χ4v) is 1.20. The molecule has 0 bridgehead atoms. The molecule has 31 nitrogen and oxygen atoms in total. The molecule has 0 aromatic rings. The summed E-state index contributed by atoms with van der Waals surface area (Å²) in [4.78, 5) is 0. The lowest BCUT2D eigenvalue weighted by atomic mass is 10.4. The molecular weight excluding hydrogens is 506 g/mol. The van der Waals surface area contributed by atoms with Crippen molar-refractivity contribution in [2.75, 3.05) is 0 Å². The standard InChI is InChI=1S/C6H45N31/c1-5(2)7-9-11-13-15-17-19-21-23-25-27-29-31-33-35-37-36-34-32-30-28-26-24-22-20-18-16-14-12-10-8-6(3)4/h5-37H,1-4H3. The van der Waals surface area contributed by atoms with Crippen LogP contribution in [0.3, 0.4) is 0 Å². The van der Waals surface area contributed by atoms with Gasteiger partial charge in [-0.1, -0.05) is 0 Å². The highest BCUT2D eigenvalue weighted by atomic mass is 16.0. The van der Waals surface area contributed by atoms with Crippen LogP contribution in [0.4, 0.5) is 0 Å². The van der Waals surface area contributed by atoms with Gasteiger partial charge in [0.2, 0.25) is 0 Å². The molecule has 0 aromatic heterocycles. The van der Waals surface area contributed by atoms with E-state index in [0.717, 1.165) is 0 Å². The molecule has 31 N–H and O–H groups in total. The van der Waals surface area contributed by atoms with Crippen molar-refractivity contribution >= 4 is 0 Å². The maximum absolute atomic E-state index is 2.90. The SMILES string of the molecule is CC(C)NNNNNNNNNNNNNNNNNNNNNNNNNNNNNNNC(C)C. The predicted molar refractivity (Wildman–Crippen MR) is 127 cm³/mol. The Morgan fingerprint density at radius 1 is 0.189 bits per heavy atom. The van der Waals surface area contributed by atoms with Crippen molar-refractivity contribution in [3.63, 3.8) is 0 Å². The third-order valence-corrected chi connectivity index (χ3v) is 2.47. The van der Waals surface area contributed by atoms with Gasteiger partial charge in [-0.25, -0.2) is 10.9 Å². The molecular formula is C6H45N31. The van der Waals surface area contributed by atoms with Crippen LogP contribution in [-0.4, -0.2) is 12.1 Å². The van der Waals surface area contributed by atoms with Crippen molar-refractivity contribution in [2.45, 2.75) is 39.8 Å². The van der Waals surface area contributed by atoms with Crippen molar-refractivity contribution < 1.29 is 0 Å². The van der Waals surface area contributed by atoms with Crippen LogP contribution in [0.2, 0.25) is 0 Å². The molecule has 37 heavy (non-hydrogen) atoms. The topological polar surface area (TPSA) is 373 Å². The van der Waals surface area contributed by atoms with Crippen LogP contribution in [-0.2, 0) is 0 Å². The molecule has 0 rings (SSSR count). The monoisotopic (exact) mass is 551 g/mol. The zero-order chi connectivity index (χ0) is 27.1. The minimum Gasteiger partial charge on any atom is -0.241 e. The van der Waals surface area contributed by atoms with E-state index in [4.69, 9.17) is 0 Å². The van der Waals surface area contributed by atoms with Crippen molar-refractivity contribution in [2.24, 2.45) is 0 Å². The average Bonchev–Trinajstić information content (AvgIpc) is 2.87. The van der Waals surface area contributed by atoms with E-state index in [2.05, 4.69) is 171 Å². The molecule has 0 heterocycles. The van der Waals surface area contributed by atoms with E-state index in [1.165, 1.54) is 0 Å². The third-order valence-electron chi connectivity index (χ3n) is 2.47. The molecule has 31 heteroatoms. The minimum absolute atomic E-state index is 0.282. The van der Waals surface area contributed by atoms with E-state index in [9.17, 15) is 0 Å². The molecule has 0 amide bonds. The molecule has 0 aliphatic rings. The first kappa shape index (κ1) is 35.8. The predicted octanol–water partition coefficient (Wildman–Crippen LogP) is -13.5. The van der Waals surface area contributed by atoms with E-state index < -0.39 is 0 Å². The fourth-order valence-electron chi connectivity index (χ4n) is 1.20. The van der Waals surface area contributed by atoms with Crippen LogP contribution in [0.15, 0.2) is 0 Å². The molecule has 0 fully saturated rings. The number of hydrogen-bond acceptors (Lipinski definition) is 31. The van der Waals surface area contributed by atoms with Crippen LogP contribution in [0.25, 0.3) is 0 Å². The first-order chi connectivity index (χ1) is 18.1. The Kier molecular flexibility index (Phi) is 29.9. The summed E-state index contributed by atoms with van der Waals surface area (Å²) in [7, 11) is 0. The van der Waals surface area contributed by atoms with Crippen molar-refractivity contribution in [3.05, 3.63) is 0 Å². The molecule has 0 aromatic carbocycles. The third kappa shape index (κ3) is 34.8. The molecule has 224 valence electrons. The maximum atomic E-state index is 2.90. The molecule has 0 atom stereocenters. The summed E-state index contributed by atoms with van der Waals surface area (Å²) in [6.45, 7) is 7.94. The van der Waals surface area contributed by atoms with E-state index in [-0.39, 0.29) is 12.1 Å². The first-order valence-electron chi connectivity index (χ1n) is 10.4. The lowest BCUT2D eigenvalue weighted by Crippen LogP contribution is -2.70. The Labute approximate surface area is 212 Å². The second-order valence-corrected chi connectivity index (χ2v) is 6.22. The zero-order valence-corrected chi connectivity index (χ0v) is 20.7. The van der Waals surface area contributed by atoms with E-state index in [0.29, 0.717) is 0 Å². The second kappa shape index (κ2) is 31.0. The van der Waals surface area contributed by atoms with E-state index >= 15 is 0 Å². The maximum Gasteiger partial charge on any atom is 0.0170 e. The van der Waals surface area contributed by atoms with Gasteiger partial charge in [0.1, 0.15) is 0 Å². The summed E-state index contributed by atoms with van der Waals surface area (Å²) in [5, 5.41) is 0.